The van der Waals surface area contributed by atoms with Crippen LogP contribution in [-0.4, -0.2) is 34.7 Å². The lowest BCUT2D eigenvalue weighted by Gasteiger charge is -2.02. The van der Waals surface area contributed by atoms with E-state index in [1.807, 2.05) is 24.0 Å². The Morgan fingerprint density at radius 1 is 1.43 bits per heavy atom. The van der Waals surface area contributed by atoms with E-state index in [0.29, 0.717) is 6.61 Å². The summed E-state index contributed by atoms with van der Waals surface area (Å²) in [6.07, 6.45) is 2.84. The van der Waals surface area contributed by atoms with Gasteiger partial charge in [-0.15, -0.1) is 0 Å². The zero-order valence-electron chi connectivity index (χ0n) is 8.33. The molecule has 1 aromatic heterocycles. The number of aromatic amines is 1. The first-order valence-corrected chi connectivity index (χ1v) is 6.10. The molecule has 0 saturated carbocycles. The van der Waals surface area contributed by atoms with Crippen molar-refractivity contribution in [1.29, 1.82) is 0 Å². The molecule has 0 amide bonds. The predicted octanol–water partition coefficient (Wildman–Crippen LogP) is 1.22. The number of rotatable bonds is 8. The third-order valence-electron chi connectivity index (χ3n) is 1.85. The van der Waals surface area contributed by atoms with Gasteiger partial charge in [0.15, 0.2) is 0 Å². The second-order valence-electron chi connectivity index (χ2n) is 3.06. The molecule has 3 nitrogen and oxygen atoms in total. The lowest BCUT2D eigenvalue weighted by atomic mass is 10.4. The second kappa shape index (κ2) is 7.91. The number of hydrogen-bond donors (Lipinski definition) is 3. The highest BCUT2D eigenvalue weighted by molar-refractivity contribution is 7.99. The van der Waals surface area contributed by atoms with Gasteiger partial charge in [-0.05, 0) is 24.3 Å². The summed E-state index contributed by atoms with van der Waals surface area (Å²) in [6, 6.07) is 4.08. The van der Waals surface area contributed by atoms with Gasteiger partial charge in [-0.1, -0.05) is 0 Å². The highest BCUT2D eigenvalue weighted by Crippen LogP contribution is 2.00. The Kier molecular flexibility index (Phi) is 6.57. The van der Waals surface area contributed by atoms with Gasteiger partial charge in [-0.25, -0.2) is 0 Å². The van der Waals surface area contributed by atoms with E-state index < -0.39 is 0 Å². The maximum atomic E-state index is 8.56. The highest BCUT2D eigenvalue weighted by atomic mass is 32.2. The fourth-order valence-electron chi connectivity index (χ4n) is 1.11. The van der Waals surface area contributed by atoms with Crippen LogP contribution in [0.4, 0.5) is 0 Å². The third kappa shape index (κ3) is 5.32. The zero-order chi connectivity index (χ0) is 10.1. The van der Waals surface area contributed by atoms with Crippen molar-refractivity contribution in [2.24, 2.45) is 0 Å². The lowest BCUT2D eigenvalue weighted by molar-refractivity contribution is 0.296. The Morgan fingerprint density at radius 2 is 2.36 bits per heavy atom. The summed E-state index contributed by atoms with van der Waals surface area (Å²) in [5.41, 5.74) is 1.23. The molecule has 3 N–H and O–H groups in total. The molecule has 0 saturated heterocycles. The monoisotopic (exact) mass is 214 g/mol. The van der Waals surface area contributed by atoms with E-state index in [9.17, 15) is 0 Å². The Labute approximate surface area is 89.3 Å². The summed E-state index contributed by atoms with van der Waals surface area (Å²) in [6.45, 7) is 2.24. The van der Waals surface area contributed by atoms with Crippen molar-refractivity contribution in [2.75, 3.05) is 24.7 Å². The van der Waals surface area contributed by atoms with Gasteiger partial charge < -0.3 is 15.4 Å². The number of hydrogen-bond acceptors (Lipinski definition) is 3. The topological polar surface area (TPSA) is 48.0 Å². The molecule has 14 heavy (non-hydrogen) atoms. The molecule has 0 aliphatic rings. The molecule has 0 atom stereocenters. The largest absolute Gasteiger partial charge is 0.396 e. The fraction of sp³-hybridized carbons (Fsp3) is 0.600. The molecule has 0 spiro atoms. The summed E-state index contributed by atoms with van der Waals surface area (Å²) in [7, 11) is 0. The van der Waals surface area contributed by atoms with Crippen molar-refractivity contribution < 1.29 is 5.11 Å². The summed E-state index contributed by atoms with van der Waals surface area (Å²) in [4.78, 5) is 3.15. The Morgan fingerprint density at radius 3 is 3.07 bits per heavy atom. The average Bonchev–Trinajstić information content (AvgIpc) is 2.69. The number of aliphatic hydroxyl groups is 1. The molecule has 1 aromatic rings. The van der Waals surface area contributed by atoms with Gasteiger partial charge in [0.1, 0.15) is 0 Å². The first-order valence-electron chi connectivity index (χ1n) is 4.95. The van der Waals surface area contributed by atoms with Crippen LogP contribution in [0.25, 0.3) is 0 Å². The van der Waals surface area contributed by atoms with Crippen molar-refractivity contribution in [1.82, 2.24) is 10.3 Å². The van der Waals surface area contributed by atoms with Gasteiger partial charge in [0.05, 0.1) is 0 Å². The van der Waals surface area contributed by atoms with E-state index in [1.54, 1.807) is 0 Å². The molecule has 1 rings (SSSR count). The van der Waals surface area contributed by atoms with E-state index >= 15 is 0 Å². The van der Waals surface area contributed by atoms with Crippen molar-refractivity contribution in [3.8, 4) is 0 Å². The average molecular weight is 214 g/mol. The molecule has 0 fully saturated rings. The minimum absolute atomic E-state index is 0.308. The van der Waals surface area contributed by atoms with Crippen LogP contribution < -0.4 is 5.32 Å². The number of H-pyrrole nitrogens is 1. The standard InChI is InChI=1S/C10H18N2OS/c13-6-2-7-14-8-5-11-9-10-3-1-4-12-10/h1,3-4,11-13H,2,5-9H2. The van der Waals surface area contributed by atoms with E-state index in [2.05, 4.69) is 16.4 Å². The Hall–Kier alpha value is -0.450. The number of thioether (sulfide) groups is 1. The van der Waals surface area contributed by atoms with Crippen LogP contribution >= 0.6 is 11.8 Å². The Balaban J connectivity index is 1.85. The lowest BCUT2D eigenvalue weighted by Crippen LogP contribution is -2.16. The fourth-order valence-corrected chi connectivity index (χ4v) is 1.94. The SMILES string of the molecule is OCCCSCCNCc1ccc[nH]1. The number of nitrogens with one attached hydrogen (secondary N) is 2. The molecule has 0 aromatic carbocycles. The minimum Gasteiger partial charge on any atom is -0.396 e. The van der Waals surface area contributed by atoms with Crippen LogP contribution in [0.5, 0.6) is 0 Å². The van der Waals surface area contributed by atoms with Crippen LogP contribution in [0.2, 0.25) is 0 Å². The number of aromatic nitrogens is 1. The molecule has 0 aliphatic heterocycles. The van der Waals surface area contributed by atoms with Crippen molar-refractivity contribution >= 4 is 11.8 Å². The van der Waals surface area contributed by atoms with E-state index in [-0.39, 0.29) is 0 Å². The van der Waals surface area contributed by atoms with Crippen LogP contribution in [0.1, 0.15) is 12.1 Å². The summed E-state index contributed by atoms with van der Waals surface area (Å²) < 4.78 is 0. The van der Waals surface area contributed by atoms with Crippen LogP contribution in [0.3, 0.4) is 0 Å². The molecule has 80 valence electrons. The molecule has 4 heteroatoms. The predicted molar refractivity (Wildman–Crippen MR) is 61.5 cm³/mol. The first kappa shape index (κ1) is 11.6. The van der Waals surface area contributed by atoms with Gasteiger partial charge in [0.2, 0.25) is 0 Å². The number of aliphatic hydroxyl groups excluding tert-OH is 1. The van der Waals surface area contributed by atoms with Crippen LogP contribution in [0, 0.1) is 0 Å². The molecular formula is C10H18N2OS. The van der Waals surface area contributed by atoms with Crippen LogP contribution in [-0.2, 0) is 6.54 Å². The van der Waals surface area contributed by atoms with E-state index in [0.717, 1.165) is 31.0 Å². The van der Waals surface area contributed by atoms with Gasteiger partial charge in [0, 0.05) is 37.3 Å². The second-order valence-corrected chi connectivity index (χ2v) is 4.29. The van der Waals surface area contributed by atoms with Crippen LogP contribution in [0.15, 0.2) is 18.3 Å². The smallest absolute Gasteiger partial charge is 0.0438 e. The molecule has 1 heterocycles. The third-order valence-corrected chi connectivity index (χ3v) is 2.92. The highest BCUT2D eigenvalue weighted by Gasteiger charge is 1.92. The quantitative estimate of drug-likeness (QED) is 0.570. The minimum atomic E-state index is 0.308. The molecule has 0 aliphatic carbocycles. The maximum Gasteiger partial charge on any atom is 0.0438 e. The zero-order valence-corrected chi connectivity index (χ0v) is 9.15. The van der Waals surface area contributed by atoms with Gasteiger partial charge in [0.25, 0.3) is 0 Å². The summed E-state index contributed by atoms with van der Waals surface area (Å²) in [5, 5.41) is 11.9. The summed E-state index contributed by atoms with van der Waals surface area (Å²) in [5.74, 6) is 2.17. The van der Waals surface area contributed by atoms with Crippen molar-refractivity contribution in [2.45, 2.75) is 13.0 Å². The summed E-state index contributed by atoms with van der Waals surface area (Å²) >= 11 is 1.88. The first-order chi connectivity index (χ1) is 6.93. The molecule has 0 unspecified atom stereocenters. The maximum absolute atomic E-state index is 8.56. The van der Waals surface area contributed by atoms with Gasteiger partial charge in [-0.2, -0.15) is 11.8 Å². The van der Waals surface area contributed by atoms with Crippen molar-refractivity contribution in [3.63, 3.8) is 0 Å². The van der Waals surface area contributed by atoms with E-state index in [1.165, 1.54) is 5.69 Å². The van der Waals surface area contributed by atoms with Gasteiger partial charge in [-0.3, -0.25) is 0 Å². The molecule has 0 bridgehead atoms. The van der Waals surface area contributed by atoms with E-state index in [4.69, 9.17) is 5.11 Å². The molecular weight excluding hydrogens is 196 g/mol. The normalized spacial score (nSPS) is 10.6. The van der Waals surface area contributed by atoms with Crippen molar-refractivity contribution in [3.05, 3.63) is 24.0 Å². The Bertz CT molecular complexity index is 214. The van der Waals surface area contributed by atoms with Gasteiger partial charge >= 0.3 is 0 Å². The molecule has 0 radical (unpaired) electrons.